The van der Waals surface area contributed by atoms with Crippen LogP contribution in [0.5, 0.6) is 5.88 Å². The maximum Gasteiger partial charge on any atom is 0.224 e. The van der Waals surface area contributed by atoms with Gasteiger partial charge in [0, 0.05) is 37.5 Å². The van der Waals surface area contributed by atoms with Crippen LogP contribution < -0.4 is 4.74 Å². The fourth-order valence-electron chi connectivity index (χ4n) is 4.65. The smallest absolute Gasteiger partial charge is 0.224 e. The van der Waals surface area contributed by atoms with Crippen LogP contribution in [0.1, 0.15) is 76.1 Å². The molecule has 2 fully saturated rings. The second kappa shape index (κ2) is 9.56. The van der Waals surface area contributed by atoms with Crippen LogP contribution in [0.2, 0.25) is 0 Å². The molecule has 164 valence electrons. The number of fused-ring (bicyclic) bond motifs is 1. The van der Waals surface area contributed by atoms with Crippen LogP contribution >= 0.6 is 0 Å². The quantitative estimate of drug-likeness (QED) is 0.770. The summed E-state index contributed by atoms with van der Waals surface area (Å²) in [6.07, 6.45) is 11.7. The van der Waals surface area contributed by atoms with Crippen LogP contribution in [-0.4, -0.2) is 57.3 Å². The van der Waals surface area contributed by atoms with Crippen LogP contribution in [0.15, 0.2) is 12.4 Å². The number of aromatic nitrogens is 3. The number of piperidine rings is 1. The molecule has 0 radical (unpaired) electrons. The van der Waals surface area contributed by atoms with Gasteiger partial charge in [0.05, 0.1) is 17.0 Å². The van der Waals surface area contributed by atoms with Crippen LogP contribution in [0, 0.1) is 5.92 Å². The van der Waals surface area contributed by atoms with E-state index >= 15 is 0 Å². The summed E-state index contributed by atoms with van der Waals surface area (Å²) in [5, 5.41) is 10.9. The summed E-state index contributed by atoms with van der Waals surface area (Å²) in [7, 11) is 2.16. The number of aliphatic hydroxyl groups excluding tert-OH is 1. The summed E-state index contributed by atoms with van der Waals surface area (Å²) < 4.78 is 6.36. The lowest BCUT2D eigenvalue weighted by atomic mass is 9.82. The normalized spacial score (nSPS) is 24.8. The van der Waals surface area contributed by atoms with Crippen molar-refractivity contribution >= 4 is 10.9 Å². The highest BCUT2D eigenvalue weighted by atomic mass is 16.5. The highest BCUT2D eigenvalue weighted by Crippen LogP contribution is 2.38. The number of ether oxygens (including phenoxy) is 1. The fourth-order valence-corrected chi connectivity index (χ4v) is 4.65. The van der Waals surface area contributed by atoms with Crippen molar-refractivity contribution in [3.63, 3.8) is 0 Å². The van der Waals surface area contributed by atoms with Crippen molar-refractivity contribution in [1.82, 2.24) is 19.9 Å². The fraction of sp³-hybridized carbons (Fsp3) is 0.708. The molecule has 2 aromatic rings. The summed E-state index contributed by atoms with van der Waals surface area (Å²) in [6, 6.07) is 0. The Morgan fingerprint density at radius 2 is 1.83 bits per heavy atom. The van der Waals surface area contributed by atoms with Crippen molar-refractivity contribution in [1.29, 1.82) is 0 Å². The second-order valence-corrected chi connectivity index (χ2v) is 9.41. The van der Waals surface area contributed by atoms with Gasteiger partial charge >= 0.3 is 0 Å². The van der Waals surface area contributed by atoms with E-state index in [0.717, 1.165) is 81.2 Å². The summed E-state index contributed by atoms with van der Waals surface area (Å²) in [4.78, 5) is 16.8. The van der Waals surface area contributed by atoms with Gasteiger partial charge < -0.3 is 14.7 Å². The average Bonchev–Trinajstić information content (AvgIpc) is 2.76. The molecule has 4 rings (SSSR count). The van der Waals surface area contributed by atoms with E-state index in [0.29, 0.717) is 17.7 Å². The van der Waals surface area contributed by atoms with Crippen molar-refractivity contribution in [2.75, 3.05) is 20.1 Å². The van der Waals surface area contributed by atoms with E-state index in [1.165, 1.54) is 5.56 Å². The minimum absolute atomic E-state index is 0.164. The molecular weight excluding hydrogens is 376 g/mol. The van der Waals surface area contributed by atoms with Crippen molar-refractivity contribution in [3.05, 3.63) is 23.8 Å². The van der Waals surface area contributed by atoms with E-state index in [-0.39, 0.29) is 12.2 Å². The molecule has 0 amide bonds. The average molecular weight is 413 g/mol. The Balaban J connectivity index is 1.66. The number of likely N-dealkylation sites (tertiary alicyclic amines) is 1. The molecule has 30 heavy (non-hydrogen) atoms. The van der Waals surface area contributed by atoms with Gasteiger partial charge in [0.1, 0.15) is 11.9 Å². The molecule has 1 saturated heterocycles. The van der Waals surface area contributed by atoms with E-state index in [2.05, 4.69) is 30.8 Å². The first-order valence-electron chi connectivity index (χ1n) is 11.7. The van der Waals surface area contributed by atoms with Gasteiger partial charge in [-0.1, -0.05) is 20.3 Å². The summed E-state index contributed by atoms with van der Waals surface area (Å²) in [6.45, 7) is 6.57. The van der Waals surface area contributed by atoms with Crippen molar-refractivity contribution in [3.8, 4) is 5.88 Å². The maximum atomic E-state index is 9.94. The first-order valence-corrected chi connectivity index (χ1v) is 11.7. The number of aliphatic hydroxyl groups is 1. The molecule has 0 bridgehead atoms. The third-order valence-electron chi connectivity index (χ3n) is 6.97. The molecule has 0 spiro atoms. The van der Waals surface area contributed by atoms with Gasteiger partial charge in [-0.2, -0.15) is 0 Å². The number of rotatable bonds is 6. The molecule has 1 aliphatic heterocycles. The van der Waals surface area contributed by atoms with E-state index < -0.39 is 0 Å². The lowest BCUT2D eigenvalue weighted by molar-refractivity contribution is 0.111. The Morgan fingerprint density at radius 3 is 2.53 bits per heavy atom. The van der Waals surface area contributed by atoms with Gasteiger partial charge in [0.2, 0.25) is 5.88 Å². The van der Waals surface area contributed by atoms with E-state index in [4.69, 9.17) is 14.7 Å². The maximum absolute atomic E-state index is 9.94. The van der Waals surface area contributed by atoms with Crippen molar-refractivity contribution < 1.29 is 9.84 Å². The van der Waals surface area contributed by atoms with Crippen LogP contribution in [-0.2, 0) is 6.42 Å². The monoisotopic (exact) mass is 412 g/mol. The third-order valence-corrected chi connectivity index (χ3v) is 6.97. The number of nitrogens with zero attached hydrogens (tertiary/aromatic N) is 4. The highest BCUT2D eigenvalue weighted by molar-refractivity contribution is 5.85. The Labute approximate surface area is 180 Å². The van der Waals surface area contributed by atoms with Crippen LogP contribution in [0.4, 0.5) is 0 Å². The minimum Gasteiger partial charge on any atom is -0.474 e. The van der Waals surface area contributed by atoms with Gasteiger partial charge in [0.15, 0.2) is 0 Å². The first-order chi connectivity index (χ1) is 14.5. The zero-order valence-corrected chi connectivity index (χ0v) is 18.7. The van der Waals surface area contributed by atoms with E-state index in [1.807, 2.05) is 12.4 Å². The standard InChI is InChI=1S/C24H36N4O2/c1-4-16(2)13-22-25-15-21-23(27-22)20(17-5-7-18(29)8-6-17)14-26-24(21)30-19-9-11-28(3)12-10-19/h14-19,29H,4-13H2,1-3H3/t16-,17?,18?/m0/s1. The first kappa shape index (κ1) is 21.4. The molecule has 1 atom stereocenters. The van der Waals surface area contributed by atoms with Crippen LogP contribution in [0.3, 0.4) is 0 Å². The Bertz CT molecular complexity index is 842. The van der Waals surface area contributed by atoms with Crippen molar-refractivity contribution in [2.24, 2.45) is 5.92 Å². The lowest BCUT2D eigenvalue weighted by Crippen LogP contribution is -2.35. The van der Waals surface area contributed by atoms with E-state index in [9.17, 15) is 5.11 Å². The zero-order valence-electron chi connectivity index (χ0n) is 18.7. The molecule has 6 heteroatoms. The Kier molecular flexibility index (Phi) is 6.84. The molecule has 2 aromatic heterocycles. The van der Waals surface area contributed by atoms with E-state index in [1.54, 1.807) is 0 Å². The van der Waals surface area contributed by atoms with Gasteiger partial charge in [-0.15, -0.1) is 0 Å². The largest absolute Gasteiger partial charge is 0.474 e. The second-order valence-electron chi connectivity index (χ2n) is 9.41. The molecule has 3 heterocycles. The SMILES string of the molecule is CC[C@H](C)Cc1ncc2c(OC3CCN(C)CC3)ncc(C3CCC(O)CC3)c2n1. The highest BCUT2D eigenvalue weighted by Gasteiger charge is 2.26. The molecular formula is C24H36N4O2. The van der Waals surface area contributed by atoms with Gasteiger partial charge in [-0.05, 0) is 57.4 Å². The Hall–Kier alpha value is -1.79. The predicted molar refractivity (Wildman–Crippen MR) is 119 cm³/mol. The molecule has 0 unspecified atom stereocenters. The number of hydrogen-bond acceptors (Lipinski definition) is 6. The molecule has 0 aromatic carbocycles. The predicted octanol–water partition coefficient (Wildman–Crippen LogP) is 4.10. The zero-order chi connectivity index (χ0) is 21.1. The molecule has 1 N–H and O–H groups in total. The number of hydrogen-bond donors (Lipinski definition) is 1. The van der Waals surface area contributed by atoms with Crippen LogP contribution in [0.25, 0.3) is 10.9 Å². The lowest BCUT2D eigenvalue weighted by Gasteiger charge is -2.30. The van der Waals surface area contributed by atoms with Gasteiger partial charge in [-0.3, -0.25) is 0 Å². The molecule has 1 aliphatic carbocycles. The molecule has 1 saturated carbocycles. The molecule has 2 aliphatic rings. The number of pyridine rings is 1. The topological polar surface area (TPSA) is 71.4 Å². The van der Waals surface area contributed by atoms with Gasteiger partial charge in [0.25, 0.3) is 0 Å². The third kappa shape index (κ3) is 4.92. The Morgan fingerprint density at radius 1 is 1.10 bits per heavy atom. The summed E-state index contributed by atoms with van der Waals surface area (Å²) in [5.74, 6) is 2.54. The summed E-state index contributed by atoms with van der Waals surface area (Å²) in [5.41, 5.74) is 2.20. The minimum atomic E-state index is -0.164. The summed E-state index contributed by atoms with van der Waals surface area (Å²) >= 11 is 0. The molecule has 6 nitrogen and oxygen atoms in total. The van der Waals surface area contributed by atoms with Crippen molar-refractivity contribution in [2.45, 2.75) is 83.3 Å². The van der Waals surface area contributed by atoms with Gasteiger partial charge in [-0.25, -0.2) is 15.0 Å².